The van der Waals surface area contributed by atoms with E-state index in [0.29, 0.717) is 5.69 Å². The molecule has 0 fully saturated rings. The highest BCUT2D eigenvalue weighted by Gasteiger charge is 2.05. The maximum atomic E-state index is 8.61. The summed E-state index contributed by atoms with van der Waals surface area (Å²) in [6.07, 6.45) is 5.36. The van der Waals surface area contributed by atoms with E-state index in [0.717, 1.165) is 31.7 Å². The highest BCUT2D eigenvalue weighted by molar-refractivity contribution is 5.36. The predicted molar refractivity (Wildman–Crippen MR) is 59.5 cm³/mol. The van der Waals surface area contributed by atoms with E-state index in [2.05, 4.69) is 28.7 Å². The summed E-state index contributed by atoms with van der Waals surface area (Å²) in [6, 6.07) is 1.96. The van der Waals surface area contributed by atoms with Gasteiger partial charge in [0.15, 0.2) is 5.69 Å². The van der Waals surface area contributed by atoms with Crippen LogP contribution in [0.5, 0.6) is 0 Å². The molecule has 4 nitrogen and oxygen atoms in total. The SMILES string of the molecule is CCCN(CCC)c1cnc(C#N)cn1. The Morgan fingerprint density at radius 3 is 2.27 bits per heavy atom. The fourth-order valence-corrected chi connectivity index (χ4v) is 1.42. The lowest BCUT2D eigenvalue weighted by Crippen LogP contribution is -2.25. The third-order valence-corrected chi connectivity index (χ3v) is 2.06. The smallest absolute Gasteiger partial charge is 0.158 e. The molecule has 0 unspecified atom stereocenters. The van der Waals surface area contributed by atoms with E-state index in [9.17, 15) is 0 Å². The molecule has 0 amide bonds. The van der Waals surface area contributed by atoms with Crippen LogP contribution < -0.4 is 4.90 Å². The van der Waals surface area contributed by atoms with Gasteiger partial charge in [0, 0.05) is 13.1 Å². The molecule has 0 aliphatic heterocycles. The first-order chi connectivity index (χ1) is 7.31. The number of aromatic nitrogens is 2. The zero-order valence-corrected chi connectivity index (χ0v) is 9.27. The number of hydrogen-bond donors (Lipinski definition) is 0. The second kappa shape index (κ2) is 5.97. The fourth-order valence-electron chi connectivity index (χ4n) is 1.42. The van der Waals surface area contributed by atoms with E-state index < -0.39 is 0 Å². The normalized spacial score (nSPS) is 9.67. The lowest BCUT2D eigenvalue weighted by atomic mass is 10.3. The van der Waals surface area contributed by atoms with Crippen LogP contribution in [-0.4, -0.2) is 23.1 Å². The minimum atomic E-state index is 0.367. The summed E-state index contributed by atoms with van der Waals surface area (Å²) in [5.74, 6) is 0.859. The third kappa shape index (κ3) is 3.21. The lowest BCUT2D eigenvalue weighted by Gasteiger charge is -2.21. The molecule has 1 aromatic heterocycles. The number of rotatable bonds is 5. The molecule has 4 heteroatoms. The van der Waals surface area contributed by atoms with Crippen molar-refractivity contribution in [3.63, 3.8) is 0 Å². The minimum absolute atomic E-state index is 0.367. The van der Waals surface area contributed by atoms with Crippen molar-refractivity contribution in [2.75, 3.05) is 18.0 Å². The van der Waals surface area contributed by atoms with Gasteiger partial charge in [-0.05, 0) is 12.8 Å². The summed E-state index contributed by atoms with van der Waals surface area (Å²) < 4.78 is 0. The van der Waals surface area contributed by atoms with Gasteiger partial charge in [-0.2, -0.15) is 5.26 Å². The van der Waals surface area contributed by atoms with Gasteiger partial charge in [-0.3, -0.25) is 0 Å². The fraction of sp³-hybridized carbons (Fsp3) is 0.545. The van der Waals surface area contributed by atoms with Crippen LogP contribution in [0.4, 0.5) is 5.82 Å². The summed E-state index contributed by atoms with van der Waals surface area (Å²) in [7, 11) is 0. The van der Waals surface area contributed by atoms with Crippen molar-refractivity contribution in [2.45, 2.75) is 26.7 Å². The van der Waals surface area contributed by atoms with Crippen molar-refractivity contribution >= 4 is 5.82 Å². The van der Waals surface area contributed by atoms with Crippen LogP contribution in [0.3, 0.4) is 0 Å². The first-order valence-corrected chi connectivity index (χ1v) is 5.28. The van der Waals surface area contributed by atoms with Crippen LogP contribution >= 0.6 is 0 Å². The van der Waals surface area contributed by atoms with Crippen LogP contribution in [0.1, 0.15) is 32.4 Å². The van der Waals surface area contributed by atoms with E-state index in [4.69, 9.17) is 5.26 Å². The van der Waals surface area contributed by atoms with E-state index in [1.165, 1.54) is 6.20 Å². The predicted octanol–water partition coefficient (Wildman–Crippen LogP) is 1.97. The molecular formula is C11H16N4. The summed E-state index contributed by atoms with van der Waals surface area (Å²) in [5, 5.41) is 8.61. The van der Waals surface area contributed by atoms with Crippen LogP contribution in [0, 0.1) is 11.3 Å². The Bertz CT molecular complexity index is 319. The Morgan fingerprint density at radius 2 is 1.87 bits per heavy atom. The van der Waals surface area contributed by atoms with Crippen LogP contribution in [0.2, 0.25) is 0 Å². The van der Waals surface area contributed by atoms with Crippen molar-refractivity contribution in [3.8, 4) is 6.07 Å². The Kier molecular flexibility index (Phi) is 4.55. The second-order valence-corrected chi connectivity index (χ2v) is 3.36. The summed E-state index contributed by atoms with van der Waals surface area (Å²) in [5.41, 5.74) is 0.367. The minimum Gasteiger partial charge on any atom is -0.355 e. The van der Waals surface area contributed by atoms with Gasteiger partial charge in [-0.1, -0.05) is 13.8 Å². The van der Waals surface area contributed by atoms with Gasteiger partial charge in [-0.25, -0.2) is 9.97 Å². The molecular weight excluding hydrogens is 188 g/mol. The Hall–Kier alpha value is -1.63. The second-order valence-electron chi connectivity index (χ2n) is 3.36. The zero-order chi connectivity index (χ0) is 11.1. The standard InChI is InChI=1S/C11H16N4/c1-3-5-15(6-4-2)11-9-13-10(7-12)8-14-11/h8-9H,3-6H2,1-2H3. The molecule has 0 saturated heterocycles. The Labute approximate surface area is 90.6 Å². The molecule has 0 aliphatic rings. The molecule has 15 heavy (non-hydrogen) atoms. The van der Waals surface area contributed by atoms with Gasteiger partial charge in [-0.15, -0.1) is 0 Å². The van der Waals surface area contributed by atoms with Crippen molar-refractivity contribution in [1.82, 2.24) is 9.97 Å². The number of anilines is 1. The van der Waals surface area contributed by atoms with Crippen LogP contribution in [-0.2, 0) is 0 Å². The van der Waals surface area contributed by atoms with Crippen molar-refractivity contribution in [1.29, 1.82) is 5.26 Å². The number of nitriles is 1. The monoisotopic (exact) mass is 204 g/mol. The van der Waals surface area contributed by atoms with Gasteiger partial charge < -0.3 is 4.90 Å². The van der Waals surface area contributed by atoms with E-state index in [1.54, 1.807) is 6.20 Å². The van der Waals surface area contributed by atoms with Gasteiger partial charge in [0.2, 0.25) is 0 Å². The molecule has 0 bridgehead atoms. The molecule has 1 heterocycles. The molecule has 0 radical (unpaired) electrons. The van der Waals surface area contributed by atoms with Crippen molar-refractivity contribution in [3.05, 3.63) is 18.1 Å². The summed E-state index contributed by atoms with van der Waals surface area (Å²) in [4.78, 5) is 10.4. The molecule has 0 aromatic carbocycles. The first-order valence-electron chi connectivity index (χ1n) is 5.28. The van der Waals surface area contributed by atoms with E-state index >= 15 is 0 Å². The number of nitrogens with zero attached hydrogens (tertiary/aromatic N) is 4. The Morgan fingerprint density at radius 1 is 1.20 bits per heavy atom. The highest BCUT2D eigenvalue weighted by Crippen LogP contribution is 2.09. The summed E-state index contributed by atoms with van der Waals surface area (Å²) in [6.45, 7) is 6.24. The van der Waals surface area contributed by atoms with Gasteiger partial charge in [0.25, 0.3) is 0 Å². The molecule has 80 valence electrons. The van der Waals surface area contributed by atoms with Crippen molar-refractivity contribution in [2.24, 2.45) is 0 Å². The van der Waals surface area contributed by atoms with Crippen molar-refractivity contribution < 1.29 is 0 Å². The average molecular weight is 204 g/mol. The summed E-state index contributed by atoms with van der Waals surface area (Å²) >= 11 is 0. The topological polar surface area (TPSA) is 52.8 Å². The quantitative estimate of drug-likeness (QED) is 0.735. The van der Waals surface area contributed by atoms with Gasteiger partial charge in [0.1, 0.15) is 11.9 Å². The third-order valence-electron chi connectivity index (χ3n) is 2.06. The molecule has 0 atom stereocenters. The molecule has 0 N–H and O–H groups in total. The van der Waals surface area contributed by atoms with Crippen LogP contribution in [0.25, 0.3) is 0 Å². The van der Waals surface area contributed by atoms with E-state index in [-0.39, 0.29) is 0 Å². The molecule has 1 aromatic rings. The largest absolute Gasteiger partial charge is 0.355 e. The molecule has 0 spiro atoms. The lowest BCUT2D eigenvalue weighted by molar-refractivity contribution is 0.731. The number of hydrogen-bond acceptors (Lipinski definition) is 4. The first kappa shape index (κ1) is 11.4. The zero-order valence-electron chi connectivity index (χ0n) is 9.27. The average Bonchev–Trinajstić information content (AvgIpc) is 2.29. The molecule has 0 aliphatic carbocycles. The maximum Gasteiger partial charge on any atom is 0.158 e. The Balaban J connectivity index is 2.77. The van der Waals surface area contributed by atoms with E-state index in [1.807, 2.05) is 6.07 Å². The van der Waals surface area contributed by atoms with Gasteiger partial charge >= 0.3 is 0 Å². The highest BCUT2D eigenvalue weighted by atomic mass is 15.2. The maximum absolute atomic E-state index is 8.61. The molecule has 0 saturated carbocycles. The van der Waals surface area contributed by atoms with Crippen LogP contribution in [0.15, 0.2) is 12.4 Å². The van der Waals surface area contributed by atoms with Gasteiger partial charge in [0.05, 0.1) is 12.4 Å². The molecule has 1 rings (SSSR count).